The third-order valence-electron chi connectivity index (χ3n) is 8.50. The summed E-state index contributed by atoms with van der Waals surface area (Å²) >= 11 is 0. The Morgan fingerprint density at radius 3 is 2.20 bits per heavy atom. The Balaban J connectivity index is 1.50. The van der Waals surface area contributed by atoms with E-state index in [4.69, 9.17) is 9.47 Å². The van der Waals surface area contributed by atoms with Crippen molar-refractivity contribution in [2.75, 3.05) is 44.5 Å². The van der Waals surface area contributed by atoms with Crippen LogP contribution in [0.3, 0.4) is 0 Å². The molecule has 1 aliphatic rings. The molecule has 0 bridgehead atoms. The van der Waals surface area contributed by atoms with Crippen LogP contribution in [-0.2, 0) is 20.3 Å². The first kappa shape index (κ1) is 34.9. The van der Waals surface area contributed by atoms with E-state index in [-0.39, 0.29) is 29.4 Å². The van der Waals surface area contributed by atoms with Gasteiger partial charge < -0.3 is 30.5 Å². The number of methoxy groups -OCH3 is 1. The zero-order valence-electron chi connectivity index (χ0n) is 26.9. The number of rotatable bonds is 13. The van der Waals surface area contributed by atoms with Crippen molar-refractivity contribution in [2.24, 2.45) is 0 Å². The summed E-state index contributed by atoms with van der Waals surface area (Å²) in [6, 6.07) is 20.4. The van der Waals surface area contributed by atoms with Gasteiger partial charge in [0, 0.05) is 43.5 Å². The molecule has 4 rings (SSSR count). The molecule has 1 saturated heterocycles. The summed E-state index contributed by atoms with van der Waals surface area (Å²) in [6.07, 6.45) is 1.47. The van der Waals surface area contributed by atoms with E-state index in [0.29, 0.717) is 26.1 Å². The van der Waals surface area contributed by atoms with E-state index >= 15 is 0 Å². The number of ether oxygens (including phenoxy) is 2. The van der Waals surface area contributed by atoms with Gasteiger partial charge in [0.1, 0.15) is 5.75 Å². The molecule has 2 amide bonds. The van der Waals surface area contributed by atoms with E-state index in [0.717, 1.165) is 27.4 Å². The van der Waals surface area contributed by atoms with Gasteiger partial charge in [-0.2, -0.15) is 0 Å². The standard InChI is InChI=1S/C34H44N4O7S/c1-23(25-10-7-6-8-11-25)36-32(40)26-18-27(20-29(19-26)38(3)46(5,42)43)33(41)37-24(2)31(39)22-35-34(14-16-45-17-15-34)28-12-9-13-30(21-28)44-4/h6-13,18-21,23-24,31,35,39H,14-17,22H2,1-5H3,(H,36,40)(H,37,41)/t23-,24+,31-/m1/s1. The van der Waals surface area contributed by atoms with E-state index in [9.17, 15) is 23.1 Å². The fourth-order valence-corrected chi connectivity index (χ4v) is 5.91. The van der Waals surface area contributed by atoms with Crippen LogP contribution in [0.4, 0.5) is 5.69 Å². The molecular formula is C34H44N4O7S. The Morgan fingerprint density at radius 1 is 0.957 bits per heavy atom. The lowest BCUT2D eigenvalue weighted by molar-refractivity contribution is 0.0273. The van der Waals surface area contributed by atoms with E-state index in [1.807, 2.05) is 61.5 Å². The van der Waals surface area contributed by atoms with Gasteiger partial charge in [-0.3, -0.25) is 13.9 Å². The molecule has 0 saturated carbocycles. The number of sulfonamides is 1. The monoisotopic (exact) mass is 652 g/mol. The van der Waals surface area contributed by atoms with Crippen LogP contribution in [0.25, 0.3) is 0 Å². The van der Waals surface area contributed by atoms with E-state index in [1.54, 1.807) is 14.0 Å². The fraction of sp³-hybridized carbons (Fsp3) is 0.412. The number of carbonyl (C=O) groups excluding carboxylic acids is 2. The first-order valence-corrected chi connectivity index (χ1v) is 17.1. The number of hydrogen-bond donors (Lipinski definition) is 4. The van der Waals surface area contributed by atoms with Crippen LogP contribution in [0.1, 0.15) is 64.6 Å². The van der Waals surface area contributed by atoms with Gasteiger partial charge in [-0.25, -0.2) is 8.42 Å². The van der Waals surface area contributed by atoms with Crippen LogP contribution >= 0.6 is 0 Å². The smallest absolute Gasteiger partial charge is 0.251 e. The number of nitrogens with one attached hydrogen (secondary N) is 3. The van der Waals surface area contributed by atoms with Crippen molar-refractivity contribution in [1.82, 2.24) is 16.0 Å². The largest absolute Gasteiger partial charge is 0.497 e. The Hall–Kier alpha value is -3.97. The van der Waals surface area contributed by atoms with Crippen molar-refractivity contribution in [1.29, 1.82) is 0 Å². The van der Waals surface area contributed by atoms with Crippen molar-refractivity contribution < 1.29 is 32.6 Å². The molecule has 3 atom stereocenters. The molecule has 4 N–H and O–H groups in total. The van der Waals surface area contributed by atoms with Gasteiger partial charge >= 0.3 is 0 Å². The van der Waals surface area contributed by atoms with Crippen LogP contribution in [0, 0.1) is 0 Å². The number of carbonyl (C=O) groups is 2. The second-order valence-corrected chi connectivity index (χ2v) is 13.8. The fourth-order valence-electron chi connectivity index (χ4n) is 5.42. The lowest BCUT2D eigenvalue weighted by Crippen LogP contribution is -2.53. The molecule has 1 fully saturated rings. The summed E-state index contributed by atoms with van der Waals surface area (Å²) in [5.74, 6) is -0.294. The van der Waals surface area contributed by atoms with E-state index in [2.05, 4.69) is 16.0 Å². The molecule has 0 aliphatic carbocycles. The number of benzene rings is 3. The van der Waals surface area contributed by atoms with Crippen LogP contribution in [0.5, 0.6) is 5.75 Å². The molecule has 0 aromatic heterocycles. The Bertz CT molecular complexity index is 1610. The third-order valence-corrected chi connectivity index (χ3v) is 9.71. The van der Waals surface area contributed by atoms with Gasteiger partial charge in [-0.1, -0.05) is 42.5 Å². The number of aliphatic hydroxyl groups is 1. The molecule has 0 unspecified atom stereocenters. The predicted octanol–water partition coefficient (Wildman–Crippen LogP) is 3.36. The van der Waals surface area contributed by atoms with Crippen molar-refractivity contribution in [3.05, 3.63) is 95.1 Å². The van der Waals surface area contributed by atoms with Crippen LogP contribution in [0.2, 0.25) is 0 Å². The van der Waals surface area contributed by atoms with Gasteiger partial charge in [0.15, 0.2) is 0 Å². The number of nitrogens with zero attached hydrogens (tertiary/aromatic N) is 1. The minimum absolute atomic E-state index is 0.0785. The number of hydrogen-bond acceptors (Lipinski definition) is 8. The van der Waals surface area contributed by atoms with Gasteiger partial charge in [0.05, 0.1) is 37.2 Å². The second-order valence-electron chi connectivity index (χ2n) is 11.7. The predicted molar refractivity (Wildman–Crippen MR) is 178 cm³/mol. The normalized spacial score (nSPS) is 16.5. The molecule has 0 radical (unpaired) electrons. The minimum Gasteiger partial charge on any atom is -0.497 e. The highest BCUT2D eigenvalue weighted by Gasteiger charge is 2.35. The maximum atomic E-state index is 13.5. The molecule has 1 aliphatic heterocycles. The SMILES string of the molecule is COc1cccc(C2(NC[C@@H](O)[C@H](C)NC(=O)c3cc(C(=O)N[C@H](C)c4ccccc4)cc(N(C)S(C)(=O)=O)c3)CCOCC2)c1. The number of aliphatic hydroxyl groups excluding tert-OH is 1. The Morgan fingerprint density at radius 2 is 1.59 bits per heavy atom. The van der Waals surface area contributed by atoms with Gasteiger partial charge in [-0.05, 0) is 68.1 Å². The Kier molecular flexibility index (Phi) is 11.4. The lowest BCUT2D eigenvalue weighted by Gasteiger charge is -2.40. The maximum absolute atomic E-state index is 13.5. The zero-order chi connectivity index (χ0) is 33.5. The molecule has 0 spiro atoms. The molecule has 3 aromatic carbocycles. The van der Waals surface area contributed by atoms with Gasteiger partial charge in [0.2, 0.25) is 10.0 Å². The van der Waals surface area contributed by atoms with Crippen LogP contribution in [-0.4, -0.2) is 77.7 Å². The summed E-state index contributed by atoms with van der Waals surface area (Å²) in [7, 11) is -0.718. The average Bonchev–Trinajstić information content (AvgIpc) is 3.06. The van der Waals surface area contributed by atoms with Crippen molar-refractivity contribution >= 4 is 27.5 Å². The maximum Gasteiger partial charge on any atom is 0.251 e. The van der Waals surface area contributed by atoms with Gasteiger partial charge in [-0.15, -0.1) is 0 Å². The quantitative estimate of drug-likeness (QED) is 0.220. The van der Waals surface area contributed by atoms with Gasteiger partial charge in [0.25, 0.3) is 11.8 Å². The molecule has 248 valence electrons. The topological polar surface area (TPSA) is 146 Å². The third kappa shape index (κ3) is 8.64. The molecule has 1 heterocycles. The van der Waals surface area contributed by atoms with E-state index in [1.165, 1.54) is 25.2 Å². The van der Waals surface area contributed by atoms with E-state index < -0.39 is 39.5 Å². The highest BCUT2D eigenvalue weighted by Crippen LogP contribution is 2.34. The minimum atomic E-state index is -3.69. The summed E-state index contributed by atoms with van der Waals surface area (Å²) in [5, 5.41) is 20.4. The number of anilines is 1. The zero-order valence-corrected chi connectivity index (χ0v) is 27.8. The summed E-state index contributed by atoms with van der Waals surface area (Å²) in [5.41, 5.74) is 1.83. The van der Waals surface area contributed by atoms with Crippen LogP contribution < -0.4 is 25.0 Å². The first-order valence-electron chi connectivity index (χ1n) is 15.2. The molecule has 3 aromatic rings. The average molecular weight is 653 g/mol. The molecule has 12 heteroatoms. The summed E-state index contributed by atoms with van der Waals surface area (Å²) in [4.78, 5) is 26.8. The first-order chi connectivity index (χ1) is 21.8. The molecule has 11 nitrogen and oxygen atoms in total. The highest BCUT2D eigenvalue weighted by molar-refractivity contribution is 7.92. The highest BCUT2D eigenvalue weighted by atomic mass is 32.2. The summed E-state index contributed by atoms with van der Waals surface area (Å²) in [6.45, 7) is 4.83. The van der Waals surface area contributed by atoms with Crippen LogP contribution in [0.15, 0.2) is 72.8 Å². The van der Waals surface area contributed by atoms with Crippen molar-refractivity contribution in [3.8, 4) is 5.75 Å². The lowest BCUT2D eigenvalue weighted by atomic mass is 9.82. The number of amides is 2. The Labute approximate surface area is 271 Å². The second kappa shape index (κ2) is 15.1. The molecule has 46 heavy (non-hydrogen) atoms. The molecular weight excluding hydrogens is 608 g/mol. The van der Waals surface area contributed by atoms with Crippen molar-refractivity contribution in [2.45, 2.75) is 50.4 Å². The van der Waals surface area contributed by atoms with Crippen molar-refractivity contribution in [3.63, 3.8) is 0 Å². The summed E-state index contributed by atoms with van der Waals surface area (Å²) < 4.78 is 36.8.